The molecule has 2 aliphatic rings. The monoisotopic (exact) mass is 426 g/mol. The van der Waals surface area contributed by atoms with Gasteiger partial charge in [0.05, 0.1) is 0 Å². The molecule has 0 aromatic carbocycles. The SMILES string of the molecule is CC(C)(C)OC(=O)N[C@@H]1CCCC12CCN(c1nc[c-]c3nccn13)CC2.[Na+].[SH-]. The Balaban J connectivity index is 0.00000150. The molecule has 4 rings (SSSR count). The molecule has 154 valence electrons. The van der Waals surface area contributed by atoms with Gasteiger partial charge in [-0.2, -0.15) is 0 Å². The summed E-state index contributed by atoms with van der Waals surface area (Å²) in [5, 5.41) is 3.16. The summed E-state index contributed by atoms with van der Waals surface area (Å²) in [6, 6.07) is 3.25. The molecule has 2 aromatic rings. The third-order valence-corrected chi connectivity index (χ3v) is 5.87. The van der Waals surface area contributed by atoms with E-state index in [1.807, 2.05) is 31.4 Å². The largest absolute Gasteiger partial charge is 1.00 e. The first kappa shape index (κ1) is 24.3. The number of hydrogen-bond acceptors (Lipinski definition) is 6. The molecule has 1 amide bonds. The van der Waals surface area contributed by atoms with Crippen molar-refractivity contribution in [2.75, 3.05) is 18.0 Å². The van der Waals surface area contributed by atoms with Gasteiger partial charge in [0.1, 0.15) is 5.60 Å². The molecule has 1 atom stereocenters. The predicted molar refractivity (Wildman–Crippen MR) is 111 cm³/mol. The van der Waals surface area contributed by atoms with E-state index in [0.717, 1.165) is 56.8 Å². The number of rotatable bonds is 2. The van der Waals surface area contributed by atoms with E-state index in [1.54, 1.807) is 12.4 Å². The van der Waals surface area contributed by atoms with Gasteiger partial charge in [0.2, 0.25) is 5.95 Å². The number of fused-ring (bicyclic) bond motifs is 1. The Hall–Kier alpha value is -0.960. The molecule has 1 aliphatic heterocycles. The van der Waals surface area contributed by atoms with Gasteiger partial charge in [-0.1, -0.05) is 6.42 Å². The van der Waals surface area contributed by atoms with Crippen LogP contribution < -0.4 is 39.8 Å². The van der Waals surface area contributed by atoms with Crippen LogP contribution in [0.1, 0.15) is 52.9 Å². The number of amides is 1. The van der Waals surface area contributed by atoms with E-state index in [4.69, 9.17) is 4.74 Å². The maximum Gasteiger partial charge on any atom is 1.00 e. The molecule has 1 saturated carbocycles. The Morgan fingerprint density at radius 3 is 2.69 bits per heavy atom. The van der Waals surface area contributed by atoms with Crippen molar-refractivity contribution in [3.63, 3.8) is 0 Å². The summed E-state index contributed by atoms with van der Waals surface area (Å²) in [5.74, 6) is 0.922. The maximum absolute atomic E-state index is 12.3. The van der Waals surface area contributed by atoms with Crippen molar-refractivity contribution in [1.82, 2.24) is 19.7 Å². The smallest absolute Gasteiger partial charge is 0.813 e. The molecule has 0 unspecified atom stereocenters. The number of carbonyl (C=O) groups excluding carboxylic acids is 1. The average Bonchev–Trinajstić information content (AvgIpc) is 3.22. The van der Waals surface area contributed by atoms with E-state index < -0.39 is 5.60 Å². The molecule has 0 radical (unpaired) electrons. The summed E-state index contributed by atoms with van der Waals surface area (Å²) >= 11 is 0. The fraction of sp³-hybridized carbons (Fsp3) is 0.650. The van der Waals surface area contributed by atoms with Crippen LogP contribution in [0.25, 0.3) is 5.65 Å². The molecule has 3 heterocycles. The molecule has 1 aliphatic carbocycles. The van der Waals surface area contributed by atoms with Crippen LogP contribution in [0.3, 0.4) is 0 Å². The first-order chi connectivity index (χ1) is 12.9. The number of carbonyl (C=O) groups is 1. The standard InChI is InChI=1S/C20H28N5O2.Na.H2S/c1-19(2,3)27-18(26)23-15-5-4-7-20(15)8-12-24(13-9-20)17-22-10-6-16-21-11-14-25(16)17;;/h10-11,14-15H,4-5,7-9,12-13H2,1-3H3,(H,23,26);;1H2/q-1;+1;/p-1/t15-;;/m1../s1. The van der Waals surface area contributed by atoms with E-state index in [-0.39, 0.29) is 60.6 Å². The van der Waals surface area contributed by atoms with Crippen LogP contribution in [0.15, 0.2) is 18.6 Å². The Bertz CT molecular complexity index is 830. The summed E-state index contributed by atoms with van der Waals surface area (Å²) in [4.78, 5) is 23.4. The zero-order valence-electron chi connectivity index (χ0n) is 17.8. The molecule has 1 N–H and O–H groups in total. The Morgan fingerprint density at radius 2 is 2.00 bits per heavy atom. The van der Waals surface area contributed by atoms with E-state index in [1.165, 1.54) is 0 Å². The molecule has 0 bridgehead atoms. The number of hydrogen-bond donors (Lipinski definition) is 1. The van der Waals surface area contributed by atoms with Gasteiger partial charge in [-0.05, 0) is 57.5 Å². The number of nitrogens with one attached hydrogen (secondary N) is 1. The van der Waals surface area contributed by atoms with E-state index in [0.29, 0.717) is 0 Å². The van der Waals surface area contributed by atoms with Gasteiger partial charge < -0.3 is 38.9 Å². The molecule has 1 saturated heterocycles. The van der Waals surface area contributed by atoms with Gasteiger partial charge in [-0.15, -0.1) is 6.20 Å². The van der Waals surface area contributed by atoms with E-state index in [9.17, 15) is 4.79 Å². The van der Waals surface area contributed by atoms with Gasteiger partial charge in [-0.25, -0.2) is 4.79 Å². The van der Waals surface area contributed by atoms with Crippen LogP contribution >= 0.6 is 0 Å². The first-order valence-electron chi connectivity index (χ1n) is 9.81. The summed E-state index contributed by atoms with van der Waals surface area (Å²) in [6.45, 7) is 7.55. The van der Waals surface area contributed by atoms with Gasteiger partial charge >= 0.3 is 35.7 Å². The van der Waals surface area contributed by atoms with Crippen molar-refractivity contribution in [2.24, 2.45) is 5.41 Å². The molecule has 7 nitrogen and oxygen atoms in total. The van der Waals surface area contributed by atoms with E-state index in [2.05, 4.69) is 26.3 Å². The molecule has 2 aromatic heterocycles. The second kappa shape index (κ2) is 9.45. The molecular formula is C20H29N5NaO2S-. The number of alkyl carbamates (subject to hydrolysis) is 1. The number of anilines is 1. The summed E-state index contributed by atoms with van der Waals surface area (Å²) in [6.07, 6.45) is 10.6. The zero-order chi connectivity index (χ0) is 19.1. The number of imidazole rings is 1. The normalized spacial score (nSPS) is 20.8. The minimum absolute atomic E-state index is 0. The topological polar surface area (TPSA) is 71.8 Å². The minimum atomic E-state index is -0.467. The number of nitrogens with zero attached hydrogens (tertiary/aromatic N) is 4. The third-order valence-electron chi connectivity index (χ3n) is 5.87. The van der Waals surface area contributed by atoms with Gasteiger partial charge in [0.15, 0.2) is 0 Å². The van der Waals surface area contributed by atoms with Crippen LogP contribution in [0, 0.1) is 11.5 Å². The molecular weight excluding hydrogens is 397 g/mol. The fourth-order valence-corrected chi connectivity index (χ4v) is 4.58. The number of aromatic nitrogens is 3. The van der Waals surface area contributed by atoms with Crippen LogP contribution in [0.2, 0.25) is 0 Å². The fourth-order valence-electron chi connectivity index (χ4n) is 4.58. The van der Waals surface area contributed by atoms with Crippen molar-refractivity contribution in [2.45, 2.75) is 64.5 Å². The Labute approximate surface area is 201 Å². The van der Waals surface area contributed by atoms with Crippen molar-refractivity contribution in [3.05, 3.63) is 24.7 Å². The first-order valence-corrected chi connectivity index (χ1v) is 9.81. The van der Waals surface area contributed by atoms with Gasteiger partial charge in [0.25, 0.3) is 0 Å². The summed E-state index contributed by atoms with van der Waals surface area (Å²) in [7, 11) is 0. The third kappa shape index (κ3) is 5.21. The average molecular weight is 427 g/mol. The second-order valence-corrected chi connectivity index (χ2v) is 8.76. The molecule has 1 spiro atoms. The Morgan fingerprint density at radius 1 is 1.28 bits per heavy atom. The van der Waals surface area contributed by atoms with Crippen molar-refractivity contribution >= 4 is 31.2 Å². The minimum Gasteiger partial charge on any atom is -0.813 e. The van der Waals surface area contributed by atoms with Crippen molar-refractivity contribution < 1.29 is 39.1 Å². The number of ether oxygens (including phenoxy) is 1. The summed E-state index contributed by atoms with van der Waals surface area (Å²) < 4.78 is 7.47. The maximum atomic E-state index is 12.3. The molecule has 2 fully saturated rings. The van der Waals surface area contributed by atoms with Gasteiger partial charge in [0, 0.05) is 31.5 Å². The van der Waals surface area contributed by atoms with Crippen LogP contribution in [-0.2, 0) is 18.2 Å². The Kier molecular flexibility index (Phi) is 7.92. The van der Waals surface area contributed by atoms with Crippen LogP contribution in [-0.4, -0.2) is 45.2 Å². The zero-order valence-corrected chi connectivity index (χ0v) is 20.7. The van der Waals surface area contributed by atoms with Crippen molar-refractivity contribution in [1.29, 1.82) is 0 Å². The number of thiol groups is 1. The predicted octanol–water partition coefficient (Wildman–Crippen LogP) is -0.0728. The van der Waals surface area contributed by atoms with Gasteiger partial charge in [-0.3, -0.25) is 9.97 Å². The number of piperidine rings is 1. The second-order valence-electron chi connectivity index (χ2n) is 8.76. The summed E-state index contributed by atoms with van der Waals surface area (Å²) in [5.41, 5.74) is 0.499. The van der Waals surface area contributed by atoms with Crippen LogP contribution in [0.4, 0.5) is 10.7 Å². The van der Waals surface area contributed by atoms with E-state index >= 15 is 0 Å². The van der Waals surface area contributed by atoms with Crippen molar-refractivity contribution in [3.8, 4) is 0 Å². The quantitative estimate of drug-likeness (QED) is 0.314. The van der Waals surface area contributed by atoms with Crippen LogP contribution in [0.5, 0.6) is 0 Å². The molecule has 9 heteroatoms. The molecule has 29 heavy (non-hydrogen) atoms.